The van der Waals surface area contributed by atoms with E-state index in [4.69, 9.17) is 10.00 Å². The lowest BCUT2D eigenvalue weighted by Crippen LogP contribution is -2.18. The van der Waals surface area contributed by atoms with Gasteiger partial charge in [-0.25, -0.2) is 0 Å². The average Bonchev–Trinajstić information content (AvgIpc) is 2.92. The maximum Gasteiger partial charge on any atom is 0.0621 e. The van der Waals surface area contributed by atoms with Crippen LogP contribution in [0.2, 0.25) is 0 Å². The van der Waals surface area contributed by atoms with E-state index in [1.54, 1.807) is 7.11 Å². The van der Waals surface area contributed by atoms with Gasteiger partial charge in [-0.15, -0.1) is 0 Å². The fourth-order valence-corrected chi connectivity index (χ4v) is 2.52. The minimum absolute atomic E-state index is 0.647. The largest absolute Gasteiger partial charge is 0.383 e. The Kier molecular flexibility index (Phi) is 6.26. The van der Waals surface area contributed by atoms with Crippen LogP contribution in [0, 0.1) is 11.3 Å². The second kappa shape index (κ2) is 8.46. The molecule has 1 heterocycles. The molecule has 0 amide bonds. The zero-order valence-electron chi connectivity index (χ0n) is 12.6. The van der Waals surface area contributed by atoms with Gasteiger partial charge in [-0.3, -0.25) is 0 Å². The number of nitrogens with zero attached hydrogens (tertiary/aromatic N) is 2. The molecule has 2 aromatic rings. The minimum Gasteiger partial charge on any atom is -0.383 e. The number of ether oxygens (including phenoxy) is 1. The van der Waals surface area contributed by atoms with Crippen molar-refractivity contribution in [2.75, 3.05) is 20.3 Å². The van der Waals surface area contributed by atoms with Gasteiger partial charge in [0.2, 0.25) is 0 Å². The average molecular weight is 285 g/mol. The van der Waals surface area contributed by atoms with Crippen molar-refractivity contribution in [3.8, 4) is 6.07 Å². The molecule has 1 aromatic heterocycles. The third kappa shape index (κ3) is 4.32. The van der Waals surface area contributed by atoms with Crippen molar-refractivity contribution in [1.29, 1.82) is 5.26 Å². The fraction of sp³-hybridized carbons (Fsp3) is 0.471. The Hall–Kier alpha value is -1.83. The van der Waals surface area contributed by atoms with Gasteiger partial charge < -0.3 is 14.6 Å². The first kappa shape index (κ1) is 15.6. The third-order valence-electron chi connectivity index (χ3n) is 3.64. The summed E-state index contributed by atoms with van der Waals surface area (Å²) in [6.45, 7) is 3.43. The summed E-state index contributed by atoms with van der Waals surface area (Å²) in [5, 5.41) is 13.3. The molecule has 112 valence electrons. The van der Waals surface area contributed by atoms with E-state index < -0.39 is 0 Å². The highest BCUT2D eigenvalue weighted by molar-refractivity contribution is 5.83. The van der Waals surface area contributed by atoms with E-state index in [-0.39, 0.29) is 0 Å². The molecule has 0 radical (unpaired) electrons. The van der Waals surface area contributed by atoms with Gasteiger partial charge in [-0.05, 0) is 30.5 Å². The Morgan fingerprint density at radius 2 is 2.19 bits per heavy atom. The first-order valence-electron chi connectivity index (χ1n) is 7.50. The van der Waals surface area contributed by atoms with E-state index in [0.29, 0.717) is 6.42 Å². The lowest BCUT2D eigenvalue weighted by Gasteiger charge is -2.08. The van der Waals surface area contributed by atoms with Crippen LogP contribution in [0.1, 0.15) is 24.8 Å². The molecule has 21 heavy (non-hydrogen) atoms. The Morgan fingerprint density at radius 1 is 1.29 bits per heavy atom. The van der Waals surface area contributed by atoms with E-state index in [1.807, 2.05) is 0 Å². The van der Waals surface area contributed by atoms with Gasteiger partial charge in [-0.1, -0.05) is 12.1 Å². The van der Waals surface area contributed by atoms with Crippen molar-refractivity contribution >= 4 is 10.9 Å². The highest BCUT2D eigenvalue weighted by Gasteiger charge is 2.05. The second-order valence-corrected chi connectivity index (χ2v) is 5.14. The van der Waals surface area contributed by atoms with Crippen LogP contribution in [0.15, 0.2) is 30.5 Å². The lowest BCUT2D eigenvalue weighted by atomic mass is 10.1. The van der Waals surface area contributed by atoms with Gasteiger partial charge in [0.25, 0.3) is 0 Å². The van der Waals surface area contributed by atoms with Crippen LogP contribution >= 0.6 is 0 Å². The molecule has 2 rings (SSSR count). The Bertz CT molecular complexity index is 598. The lowest BCUT2D eigenvalue weighted by molar-refractivity contribution is 0.199. The van der Waals surface area contributed by atoms with E-state index >= 15 is 0 Å². The molecule has 4 nitrogen and oxygen atoms in total. The summed E-state index contributed by atoms with van der Waals surface area (Å²) in [5.74, 6) is 0. The van der Waals surface area contributed by atoms with Gasteiger partial charge in [0.15, 0.2) is 0 Å². The van der Waals surface area contributed by atoms with Crippen LogP contribution in [-0.2, 0) is 17.8 Å². The van der Waals surface area contributed by atoms with Crippen molar-refractivity contribution in [3.63, 3.8) is 0 Å². The molecule has 0 saturated carbocycles. The van der Waals surface area contributed by atoms with E-state index in [1.165, 1.54) is 16.5 Å². The van der Waals surface area contributed by atoms with Crippen LogP contribution < -0.4 is 5.32 Å². The quantitative estimate of drug-likeness (QED) is 0.720. The van der Waals surface area contributed by atoms with E-state index in [0.717, 1.165) is 39.1 Å². The monoisotopic (exact) mass is 285 g/mol. The van der Waals surface area contributed by atoms with Crippen LogP contribution in [-0.4, -0.2) is 24.8 Å². The van der Waals surface area contributed by atoms with Gasteiger partial charge in [-0.2, -0.15) is 5.26 Å². The molecular weight excluding hydrogens is 262 g/mol. The predicted molar refractivity (Wildman–Crippen MR) is 85.0 cm³/mol. The number of nitriles is 1. The molecule has 0 bridgehead atoms. The minimum atomic E-state index is 0.647. The summed E-state index contributed by atoms with van der Waals surface area (Å²) >= 11 is 0. The van der Waals surface area contributed by atoms with Crippen LogP contribution in [0.4, 0.5) is 0 Å². The Morgan fingerprint density at radius 3 is 3.00 bits per heavy atom. The summed E-state index contributed by atoms with van der Waals surface area (Å²) in [6, 6.07) is 10.8. The maximum absolute atomic E-state index is 8.58. The third-order valence-corrected chi connectivity index (χ3v) is 3.64. The molecule has 4 heteroatoms. The van der Waals surface area contributed by atoms with Gasteiger partial charge in [0.05, 0.1) is 12.7 Å². The standard InChI is InChI=1S/C17H23N3O/c1-21-13-10-19-14-15-6-5-7-17-16(15)8-12-20(17)11-4-2-3-9-18/h5-8,12,19H,2-4,10-11,13-14H2,1H3. The molecule has 0 aliphatic rings. The van der Waals surface area contributed by atoms with Gasteiger partial charge in [0, 0.05) is 50.3 Å². The zero-order valence-corrected chi connectivity index (χ0v) is 12.6. The first-order valence-corrected chi connectivity index (χ1v) is 7.50. The van der Waals surface area contributed by atoms with Gasteiger partial charge in [0.1, 0.15) is 0 Å². The summed E-state index contributed by atoms with van der Waals surface area (Å²) in [6.07, 6.45) is 4.81. The maximum atomic E-state index is 8.58. The molecule has 1 aromatic carbocycles. The molecule has 1 N–H and O–H groups in total. The molecular formula is C17H23N3O. The highest BCUT2D eigenvalue weighted by Crippen LogP contribution is 2.21. The number of unbranched alkanes of at least 4 members (excludes halogenated alkanes) is 2. The van der Waals surface area contributed by atoms with E-state index in [2.05, 4.69) is 46.4 Å². The molecule has 0 aliphatic carbocycles. The molecule has 0 fully saturated rings. The van der Waals surface area contributed by atoms with Gasteiger partial charge >= 0.3 is 0 Å². The first-order chi connectivity index (χ1) is 10.4. The molecule has 0 aliphatic heterocycles. The van der Waals surface area contributed by atoms with Crippen molar-refractivity contribution in [1.82, 2.24) is 9.88 Å². The van der Waals surface area contributed by atoms with Crippen molar-refractivity contribution in [2.45, 2.75) is 32.4 Å². The van der Waals surface area contributed by atoms with Crippen molar-refractivity contribution in [2.24, 2.45) is 0 Å². The summed E-state index contributed by atoms with van der Waals surface area (Å²) in [5.41, 5.74) is 2.59. The molecule has 0 spiro atoms. The molecule has 0 saturated heterocycles. The van der Waals surface area contributed by atoms with Crippen LogP contribution in [0.5, 0.6) is 0 Å². The highest BCUT2D eigenvalue weighted by atomic mass is 16.5. The summed E-state index contributed by atoms with van der Waals surface area (Å²) < 4.78 is 7.33. The Balaban J connectivity index is 2.01. The summed E-state index contributed by atoms with van der Waals surface area (Å²) in [4.78, 5) is 0. The second-order valence-electron chi connectivity index (χ2n) is 5.14. The SMILES string of the molecule is COCCNCc1cccc2c1ccn2CCCCC#N. The molecule has 0 unspecified atom stereocenters. The zero-order chi connectivity index (χ0) is 14.9. The number of aromatic nitrogens is 1. The van der Waals surface area contributed by atoms with E-state index in [9.17, 15) is 0 Å². The van der Waals surface area contributed by atoms with Crippen molar-refractivity contribution in [3.05, 3.63) is 36.0 Å². The number of rotatable bonds is 9. The van der Waals surface area contributed by atoms with Crippen LogP contribution in [0.25, 0.3) is 10.9 Å². The predicted octanol–water partition coefficient (Wildman–Crippen LogP) is 3.07. The number of methoxy groups -OCH3 is 1. The number of hydrogen-bond acceptors (Lipinski definition) is 3. The number of aryl methyl sites for hydroxylation is 1. The van der Waals surface area contributed by atoms with Crippen LogP contribution in [0.3, 0.4) is 0 Å². The topological polar surface area (TPSA) is 50.0 Å². The number of fused-ring (bicyclic) bond motifs is 1. The molecule has 0 atom stereocenters. The number of nitrogens with one attached hydrogen (secondary N) is 1. The number of benzene rings is 1. The van der Waals surface area contributed by atoms with Crippen molar-refractivity contribution < 1.29 is 4.74 Å². The summed E-state index contributed by atoms with van der Waals surface area (Å²) in [7, 11) is 1.72. The Labute approximate surface area is 126 Å². The fourth-order valence-electron chi connectivity index (χ4n) is 2.52. The smallest absolute Gasteiger partial charge is 0.0621 e. The normalized spacial score (nSPS) is 10.9. The number of hydrogen-bond donors (Lipinski definition) is 1.